The van der Waals surface area contributed by atoms with E-state index in [2.05, 4.69) is 15.1 Å². The molecule has 18 heavy (non-hydrogen) atoms. The van der Waals surface area contributed by atoms with Crippen LogP contribution in [-0.2, 0) is 12.6 Å². The number of hydrogen-bond donors (Lipinski definition) is 1. The summed E-state index contributed by atoms with van der Waals surface area (Å²) in [4.78, 5) is 7.60. The molecule has 2 rings (SSSR count). The van der Waals surface area contributed by atoms with Crippen LogP contribution in [0.1, 0.15) is 11.4 Å². The Morgan fingerprint density at radius 2 is 2.06 bits per heavy atom. The second kappa shape index (κ2) is 4.73. The van der Waals surface area contributed by atoms with Crippen molar-refractivity contribution < 1.29 is 17.7 Å². The van der Waals surface area contributed by atoms with Gasteiger partial charge in [0.2, 0.25) is 0 Å². The summed E-state index contributed by atoms with van der Waals surface area (Å²) in [5, 5.41) is 3.63. The van der Waals surface area contributed by atoms with Gasteiger partial charge in [-0.2, -0.15) is 18.2 Å². The molecule has 0 aliphatic heterocycles. The summed E-state index contributed by atoms with van der Waals surface area (Å²) in [6, 6.07) is 2.09. The number of alkyl halides is 3. The molecule has 2 heterocycles. The maximum absolute atomic E-state index is 12.3. The Morgan fingerprint density at radius 1 is 1.28 bits per heavy atom. The molecule has 0 radical (unpaired) electrons. The van der Waals surface area contributed by atoms with Crippen LogP contribution in [0.15, 0.2) is 22.9 Å². The average molecular weight is 258 g/mol. The zero-order valence-corrected chi connectivity index (χ0v) is 9.11. The van der Waals surface area contributed by atoms with Crippen LogP contribution in [0.25, 0.3) is 11.6 Å². The first-order valence-electron chi connectivity index (χ1n) is 5.07. The van der Waals surface area contributed by atoms with Crippen LogP contribution in [0.5, 0.6) is 0 Å². The largest absolute Gasteiger partial charge is 0.417 e. The van der Waals surface area contributed by atoms with Crippen LogP contribution < -0.4 is 5.73 Å². The second-order valence-corrected chi connectivity index (χ2v) is 3.48. The first kappa shape index (κ1) is 12.5. The normalized spacial score (nSPS) is 11.8. The lowest BCUT2D eigenvalue weighted by Crippen LogP contribution is -2.05. The van der Waals surface area contributed by atoms with Gasteiger partial charge in [-0.15, -0.1) is 0 Å². The molecule has 0 amide bonds. The Balaban J connectivity index is 2.23. The van der Waals surface area contributed by atoms with E-state index in [-0.39, 0.29) is 11.6 Å². The summed E-state index contributed by atoms with van der Waals surface area (Å²) >= 11 is 0. The van der Waals surface area contributed by atoms with E-state index in [0.29, 0.717) is 18.8 Å². The molecule has 0 fully saturated rings. The standard InChI is InChI=1S/C10H9F3N4O/c11-10(12,13)6-1-2-7(15-5-6)9-16-8(3-4-14)17-18-9/h1-2,5H,3-4,14H2. The summed E-state index contributed by atoms with van der Waals surface area (Å²) in [5.74, 6) is 0.473. The van der Waals surface area contributed by atoms with Crippen molar-refractivity contribution in [3.8, 4) is 11.6 Å². The maximum atomic E-state index is 12.3. The molecule has 2 aromatic heterocycles. The number of halogens is 3. The van der Waals surface area contributed by atoms with Gasteiger partial charge < -0.3 is 10.3 Å². The summed E-state index contributed by atoms with van der Waals surface area (Å²) < 4.78 is 41.8. The number of hydrogen-bond acceptors (Lipinski definition) is 5. The van der Waals surface area contributed by atoms with Gasteiger partial charge in [-0.25, -0.2) is 0 Å². The number of nitrogens with two attached hydrogens (primary N) is 1. The molecule has 0 atom stereocenters. The van der Waals surface area contributed by atoms with Crippen LogP contribution in [-0.4, -0.2) is 21.7 Å². The van der Waals surface area contributed by atoms with Crippen LogP contribution in [0.3, 0.4) is 0 Å². The summed E-state index contributed by atoms with van der Waals surface area (Å²) in [6.45, 7) is 0.361. The second-order valence-electron chi connectivity index (χ2n) is 3.48. The summed E-state index contributed by atoms with van der Waals surface area (Å²) in [5.41, 5.74) is 4.68. The van der Waals surface area contributed by atoms with Gasteiger partial charge in [0.1, 0.15) is 5.69 Å². The Hall–Kier alpha value is -1.96. The highest BCUT2D eigenvalue weighted by Gasteiger charge is 2.30. The first-order valence-corrected chi connectivity index (χ1v) is 5.07. The average Bonchev–Trinajstić information content (AvgIpc) is 2.77. The molecule has 0 bridgehead atoms. The maximum Gasteiger partial charge on any atom is 0.417 e. The van der Waals surface area contributed by atoms with Crippen molar-refractivity contribution in [1.29, 1.82) is 0 Å². The van der Waals surface area contributed by atoms with Gasteiger partial charge in [0, 0.05) is 12.6 Å². The zero-order valence-electron chi connectivity index (χ0n) is 9.11. The molecule has 5 nitrogen and oxygen atoms in total. The SMILES string of the molecule is NCCc1noc(-c2ccc(C(F)(F)F)cn2)n1. The molecule has 2 aromatic rings. The van der Waals surface area contributed by atoms with Crippen LogP contribution in [0.4, 0.5) is 13.2 Å². The fourth-order valence-electron chi connectivity index (χ4n) is 1.28. The van der Waals surface area contributed by atoms with E-state index in [4.69, 9.17) is 10.3 Å². The highest BCUT2D eigenvalue weighted by molar-refractivity contribution is 5.46. The van der Waals surface area contributed by atoms with Gasteiger partial charge in [0.05, 0.1) is 5.56 Å². The summed E-state index contributed by atoms with van der Waals surface area (Å²) in [7, 11) is 0. The Kier molecular flexibility index (Phi) is 3.28. The molecule has 2 N–H and O–H groups in total. The number of pyridine rings is 1. The fourth-order valence-corrected chi connectivity index (χ4v) is 1.28. The van der Waals surface area contributed by atoms with E-state index in [1.807, 2.05) is 0 Å². The predicted molar refractivity (Wildman–Crippen MR) is 55.3 cm³/mol. The van der Waals surface area contributed by atoms with Crippen molar-refractivity contribution in [3.63, 3.8) is 0 Å². The van der Waals surface area contributed by atoms with E-state index >= 15 is 0 Å². The number of aromatic nitrogens is 3. The van der Waals surface area contributed by atoms with Crippen LogP contribution in [0.2, 0.25) is 0 Å². The predicted octanol–water partition coefficient (Wildman–Crippen LogP) is 1.65. The van der Waals surface area contributed by atoms with Crippen molar-refractivity contribution in [2.45, 2.75) is 12.6 Å². The van der Waals surface area contributed by atoms with Crippen molar-refractivity contribution in [2.24, 2.45) is 5.73 Å². The van der Waals surface area contributed by atoms with Gasteiger partial charge in [-0.05, 0) is 18.7 Å². The zero-order chi connectivity index (χ0) is 13.2. The lowest BCUT2D eigenvalue weighted by atomic mass is 10.2. The molecule has 0 saturated heterocycles. The highest BCUT2D eigenvalue weighted by atomic mass is 19.4. The van der Waals surface area contributed by atoms with Crippen molar-refractivity contribution in [1.82, 2.24) is 15.1 Å². The Bertz CT molecular complexity index is 521. The molecule has 0 unspecified atom stereocenters. The van der Waals surface area contributed by atoms with Gasteiger partial charge in [-0.3, -0.25) is 4.98 Å². The van der Waals surface area contributed by atoms with Gasteiger partial charge >= 0.3 is 6.18 Å². The Morgan fingerprint density at radius 3 is 2.61 bits per heavy atom. The first-order chi connectivity index (χ1) is 8.50. The molecular formula is C10H9F3N4O. The van der Waals surface area contributed by atoms with E-state index in [9.17, 15) is 13.2 Å². The molecule has 0 spiro atoms. The van der Waals surface area contributed by atoms with Gasteiger partial charge in [0.25, 0.3) is 5.89 Å². The quantitative estimate of drug-likeness (QED) is 0.905. The topological polar surface area (TPSA) is 77.8 Å². The molecule has 0 saturated carbocycles. The molecular weight excluding hydrogens is 249 g/mol. The van der Waals surface area contributed by atoms with Gasteiger partial charge in [-0.1, -0.05) is 5.16 Å². The molecule has 8 heteroatoms. The molecule has 96 valence electrons. The number of nitrogens with zero attached hydrogens (tertiary/aromatic N) is 3. The summed E-state index contributed by atoms with van der Waals surface area (Å²) in [6.07, 6.45) is -3.25. The van der Waals surface area contributed by atoms with Crippen LogP contribution >= 0.6 is 0 Å². The fraction of sp³-hybridized carbons (Fsp3) is 0.300. The van der Waals surface area contributed by atoms with E-state index in [0.717, 1.165) is 12.3 Å². The van der Waals surface area contributed by atoms with Crippen LogP contribution in [0, 0.1) is 0 Å². The minimum atomic E-state index is -4.41. The molecule has 0 aliphatic rings. The minimum absolute atomic E-state index is 0.0761. The minimum Gasteiger partial charge on any atom is -0.332 e. The highest BCUT2D eigenvalue weighted by Crippen LogP contribution is 2.29. The van der Waals surface area contributed by atoms with E-state index in [1.54, 1.807) is 0 Å². The van der Waals surface area contributed by atoms with Crippen molar-refractivity contribution in [3.05, 3.63) is 29.7 Å². The number of rotatable bonds is 3. The molecule has 0 aliphatic carbocycles. The molecule has 0 aromatic carbocycles. The lowest BCUT2D eigenvalue weighted by molar-refractivity contribution is -0.137. The van der Waals surface area contributed by atoms with Crippen molar-refractivity contribution in [2.75, 3.05) is 6.54 Å². The third kappa shape index (κ3) is 2.65. The van der Waals surface area contributed by atoms with E-state index < -0.39 is 11.7 Å². The smallest absolute Gasteiger partial charge is 0.332 e. The monoisotopic (exact) mass is 258 g/mol. The van der Waals surface area contributed by atoms with E-state index in [1.165, 1.54) is 6.07 Å². The third-order valence-corrected chi connectivity index (χ3v) is 2.15. The van der Waals surface area contributed by atoms with Crippen molar-refractivity contribution >= 4 is 0 Å². The van der Waals surface area contributed by atoms with Gasteiger partial charge in [0.15, 0.2) is 5.82 Å². The lowest BCUT2D eigenvalue weighted by Gasteiger charge is -2.04. The third-order valence-electron chi connectivity index (χ3n) is 2.15. The Labute approximate surface area is 99.8 Å².